The van der Waals surface area contributed by atoms with E-state index < -0.39 is 0 Å². The van der Waals surface area contributed by atoms with Crippen LogP contribution in [0.25, 0.3) is 0 Å². The first-order chi connectivity index (χ1) is 0. The molecular formula is H3AsBPPd. The van der Waals surface area contributed by atoms with Gasteiger partial charge in [0.2, 0.25) is 0 Å². The number of hydrogen-bond acceptors (Lipinski definition) is 0. The van der Waals surface area contributed by atoms with E-state index in [0.29, 0.717) is 0 Å². The number of hydrogen-bond donors (Lipinski definition) is 0. The van der Waals surface area contributed by atoms with Crippen molar-refractivity contribution < 1.29 is 20.4 Å². The standard InChI is InChI=1S/As.B.H3P.Pd/h;;1H3;. The van der Waals surface area contributed by atoms with E-state index in [0.717, 1.165) is 0 Å². The van der Waals surface area contributed by atoms with Crippen LogP contribution in [0.3, 0.4) is 0 Å². The van der Waals surface area contributed by atoms with Crippen LogP contribution in [-0.2, 0) is 20.4 Å². The Kier molecular flexibility index (Phi) is 239. The van der Waals surface area contributed by atoms with Gasteiger partial charge in [0.1, 0.15) is 0 Å². The van der Waals surface area contributed by atoms with Crippen molar-refractivity contribution >= 4 is 36.3 Å². The van der Waals surface area contributed by atoms with E-state index in [1.807, 2.05) is 0 Å². The molecule has 0 saturated carbocycles. The van der Waals surface area contributed by atoms with Gasteiger partial charge < -0.3 is 0 Å². The summed E-state index contributed by atoms with van der Waals surface area (Å²) in [7, 11) is 0. The van der Waals surface area contributed by atoms with Crippen LogP contribution < -0.4 is 0 Å². The third-order valence-electron chi connectivity index (χ3n) is 0. The van der Waals surface area contributed by atoms with Gasteiger partial charge in [0, 0.05) is 46.8 Å². The van der Waals surface area contributed by atoms with Gasteiger partial charge >= 0.3 is 0 Å². The Labute approximate surface area is 56.7 Å². The van der Waals surface area contributed by atoms with Gasteiger partial charge in [-0.15, -0.1) is 0 Å². The van der Waals surface area contributed by atoms with Crippen LogP contribution in [0.2, 0.25) is 0 Å². The largest absolute Gasteiger partial charge is 0.153 e. The molecule has 0 aliphatic rings. The van der Waals surface area contributed by atoms with E-state index in [1.54, 1.807) is 0 Å². The zero-order chi connectivity index (χ0) is 0. The van der Waals surface area contributed by atoms with Gasteiger partial charge in [-0.1, -0.05) is 0 Å². The van der Waals surface area contributed by atoms with Gasteiger partial charge in [-0.2, -0.15) is 9.90 Å². The molecule has 0 aromatic rings. The fourth-order valence-corrected chi connectivity index (χ4v) is 0. The van der Waals surface area contributed by atoms with E-state index in [-0.39, 0.29) is 56.7 Å². The molecule has 0 fully saturated rings. The summed E-state index contributed by atoms with van der Waals surface area (Å²) in [5, 5.41) is 0. The first-order valence-electron chi connectivity index (χ1n) is 0. The Balaban J connectivity index is 0. The molecule has 0 bridgehead atoms. The van der Waals surface area contributed by atoms with Crippen molar-refractivity contribution in [3.05, 3.63) is 0 Å². The molecule has 1 unspecified atom stereocenters. The zero-order valence-corrected chi connectivity index (χ0v) is 6.89. The molecule has 0 aromatic heterocycles. The average Bonchev–Trinajstić information content (AvgIpc) is 0. The quantitative estimate of drug-likeness (QED) is 0.378. The van der Waals surface area contributed by atoms with Crippen molar-refractivity contribution in [2.24, 2.45) is 0 Å². The van der Waals surface area contributed by atoms with Crippen molar-refractivity contribution in [1.82, 2.24) is 0 Å². The third-order valence-corrected chi connectivity index (χ3v) is 0. The molecule has 0 aliphatic heterocycles. The molecule has 6 radical (unpaired) electrons. The second kappa shape index (κ2) is 22.1. The monoisotopic (exact) mass is 226 g/mol. The molecular weight excluding hydrogens is 223 g/mol. The van der Waals surface area contributed by atoms with E-state index >= 15 is 0 Å². The summed E-state index contributed by atoms with van der Waals surface area (Å²) in [6.45, 7) is 0. The molecule has 0 rings (SSSR count). The van der Waals surface area contributed by atoms with Crippen LogP contribution in [0.5, 0.6) is 0 Å². The van der Waals surface area contributed by atoms with E-state index in [2.05, 4.69) is 0 Å². The molecule has 0 heterocycles. The maximum atomic E-state index is 0. The minimum absolute atomic E-state index is 0. The van der Waals surface area contributed by atoms with Crippen molar-refractivity contribution in [3.63, 3.8) is 0 Å². The van der Waals surface area contributed by atoms with Crippen molar-refractivity contribution in [1.29, 1.82) is 0 Å². The van der Waals surface area contributed by atoms with Crippen molar-refractivity contribution in [2.75, 3.05) is 0 Å². The fourth-order valence-electron chi connectivity index (χ4n) is 0. The molecule has 0 aliphatic carbocycles. The Morgan fingerprint density at radius 1 is 1.00 bits per heavy atom. The molecule has 0 N–H and O–H groups in total. The maximum absolute atomic E-state index is 0. The van der Waals surface area contributed by atoms with Crippen LogP contribution in [-0.4, -0.2) is 26.4 Å². The SMILES string of the molecule is P.[As].[B].[Pd]. The van der Waals surface area contributed by atoms with Gasteiger partial charge in [0.05, 0.1) is 0 Å². The summed E-state index contributed by atoms with van der Waals surface area (Å²) < 4.78 is 0. The van der Waals surface area contributed by atoms with Crippen LogP contribution in [0.4, 0.5) is 0 Å². The molecule has 4 heteroatoms. The van der Waals surface area contributed by atoms with Gasteiger partial charge in [-0.05, 0) is 0 Å². The molecule has 0 aromatic carbocycles. The molecule has 0 amide bonds. The Morgan fingerprint density at radius 3 is 1.00 bits per heavy atom. The second-order valence-electron chi connectivity index (χ2n) is 0. The van der Waals surface area contributed by atoms with E-state index in [9.17, 15) is 0 Å². The minimum Gasteiger partial charge on any atom is -0.153 e. The van der Waals surface area contributed by atoms with Crippen LogP contribution in [0.1, 0.15) is 0 Å². The average molecular weight is 226 g/mol. The Bertz CT molecular complexity index is 8.00. The van der Waals surface area contributed by atoms with Gasteiger partial charge in [-0.3, -0.25) is 0 Å². The van der Waals surface area contributed by atoms with Crippen LogP contribution in [0.15, 0.2) is 0 Å². The zero-order valence-electron chi connectivity index (χ0n) is 2.05. The normalized spacial score (nSPS) is 0. The molecule has 4 heavy (non-hydrogen) atoms. The molecule has 0 spiro atoms. The summed E-state index contributed by atoms with van der Waals surface area (Å²) in [5.41, 5.74) is 0. The van der Waals surface area contributed by atoms with Gasteiger partial charge in [0.25, 0.3) is 0 Å². The predicted molar refractivity (Wildman–Crippen MR) is 22.6 cm³/mol. The summed E-state index contributed by atoms with van der Waals surface area (Å²) in [6.07, 6.45) is 0. The van der Waals surface area contributed by atoms with E-state index in [4.69, 9.17) is 0 Å². The van der Waals surface area contributed by atoms with Crippen molar-refractivity contribution in [3.8, 4) is 0 Å². The van der Waals surface area contributed by atoms with Crippen LogP contribution >= 0.6 is 9.90 Å². The topological polar surface area (TPSA) is 0 Å². The molecule has 1 atom stereocenters. The molecule has 0 saturated heterocycles. The smallest absolute Gasteiger partial charge is 0 e. The summed E-state index contributed by atoms with van der Waals surface area (Å²) in [5.74, 6) is 0. The first kappa shape index (κ1) is 43.2. The maximum Gasteiger partial charge on any atom is 0 e. The van der Waals surface area contributed by atoms with Gasteiger partial charge in [-0.25, -0.2) is 0 Å². The third kappa shape index (κ3) is 9.31. The molecule has 0 nitrogen and oxygen atoms in total. The summed E-state index contributed by atoms with van der Waals surface area (Å²) >= 11 is 0. The summed E-state index contributed by atoms with van der Waals surface area (Å²) in [4.78, 5) is 0. The summed E-state index contributed by atoms with van der Waals surface area (Å²) in [6, 6.07) is 0. The Morgan fingerprint density at radius 2 is 1.00 bits per heavy atom. The predicted octanol–water partition coefficient (Wildman–Crippen LogP) is -0.706. The van der Waals surface area contributed by atoms with Crippen molar-refractivity contribution in [2.45, 2.75) is 0 Å². The Hall–Kier alpha value is 1.72. The second-order valence-corrected chi connectivity index (χ2v) is 0. The fraction of sp³-hybridized carbons (Fsp3) is 0. The number of rotatable bonds is 0. The van der Waals surface area contributed by atoms with Gasteiger partial charge in [0.15, 0.2) is 0 Å². The van der Waals surface area contributed by atoms with Crippen LogP contribution in [0, 0.1) is 0 Å². The minimum atomic E-state index is 0. The van der Waals surface area contributed by atoms with E-state index in [1.165, 1.54) is 0 Å². The first-order valence-corrected chi connectivity index (χ1v) is 0. The molecule has 26 valence electrons.